The van der Waals surface area contributed by atoms with E-state index in [1.165, 1.54) is 12.1 Å². The van der Waals surface area contributed by atoms with E-state index in [0.29, 0.717) is 25.9 Å². The largest absolute Gasteiger partial charge is 0.480 e. The summed E-state index contributed by atoms with van der Waals surface area (Å²) in [6.45, 7) is 8.02. The van der Waals surface area contributed by atoms with Gasteiger partial charge >= 0.3 is 11.9 Å². The maximum absolute atomic E-state index is 12.2. The van der Waals surface area contributed by atoms with Gasteiger partial charge in [0.15, 0.2) is 0 Å². The molecule has 3 atom stereocenters. The summed E-state index contributed by atoms with van der Waals surface area (Å²) >= 11 is 0. The summed E-state index contributed by atoms with van der Waals surface area (Å²) in [5.74, 6) is -1.63. The Morgan fingerprint density at radius 3 is 2.06 bits per heavy atom. The van der Waals surface area contributed by atoms with E-state index in [1.807, 2.05) is 4.90 Å². The van der Waals surface area contributed by atoms with Gasteiger partial charge in [0.1, 0.15) is 6.04 Å². The van der Waals surface area contributed by atoms with Gasteiger partial charge in [0, 0.05) is 64.5 Å². The Bertz CT molecular complexity index is 851. The fourth-order valence-electron chi connectivity index (χ4n) is 4.96. The van der Waals surface area contributed by atoms with Crippen molar-refractivity contribution in [3.8, 4) is 0 Å². The van der Waals surface area contributed by atoms with Crippen molar-refractivity contribution >= 4 is 17.6 Å². The minimum absolute atomic E-state index is 0.0310. The quantitative estimate of drug-likeness (QED) is 0.402. The predicted molar refractivity (Wildman–Crippen MR) is 131 cm³/mol. The number of nitrogens with zero attached hydrogens (tertiary/aromatic N) is 5. The molecule has 0 radical (unpaired) electrons. The molecular formula is C24H37N5O6. The summed E-state index contributed by atoms with van der Waals surface area (Å²) in [6, 6.07) is 5.71. The smallest absolute Gasteiger partial charge is 0.320 e. The number of aryl methyl sites for hydroxylation is 1. The van der Waals surface area contributed by atoms with Crippen LogP contribution in [0.3, 0.4) is 0 Å². The molecular weight excluding hydrogens is 454 g/mol. The Morgan fingerprint density at radius 1 is 0.857 bits per heavy atom. The van der Waals surface area contributed by atoms with Crippen LogP contribution in [0.1, 0.15) is 24.8 Å². The second-order valence-electron chi connectivity index (χ2n) is 9.41. The lowest BCUT2D eigenvalue weighted by Crippen LogP contribution is -2.50. The van der Waals surface area contributed by atoms with Crippen LogP contribution in [-0.2, 0) is 16.0 Å². The molecule has 35 heavy (non-hydrogen) atoms. The van der Waals surface area contributed by atoms with Crippen LogP contribution in [0.2, 0.25) is 0 Å². The van der Waals surface area contributed by atoms with Gasteiger partial charge in [-0.05, 0) is 44.3 Å². The normalized spacial score (nSPS) is 23.9. The van der Waals surface area contributed by atoms with Crippen molar-refractivity contribution in [2.24, 2.45) is 0 Å². The molecule has 2 N–H and O–H groups in total. The van der Waals surface area contributed by atoms with Crippen molar-refractivity contribution in [2.75, 3.05) is 72.0 Å². The van der Waals surface area contributed by atoms with Crippen LogP contribution in [-0.4, -0.2) is 125 Å². The Hall–Kier alpha value is -2.60. The third-order valence-electron chi connectivity index (χ3n) is 6.98. The van der Waals surface area contributed by atoms with Gasteiger partial charge in [0.2, 0.25) is 0 Å². The van der Waals surface area contributed by atoms with Crippen LogP contribution in [0.15, 0.2) is 24.3 Å². The Balaban J connectivity index is 1.63. The zero-order valence-electron chi connectivity index (χ0n) is 20.3. The van der Waals surface area contributed by atoms with E-state index in [9.17, 15) is 29.9 Å². The van der Waals surface area contributed by atoms with E-state index in [0.717, 1.165) is 70.8 Å². The van der Waals surface area contributed by atoms with Crippen LogP contribution in [0.5, 0.6) is 0 Å². The highest BCUT2D eigenvalue weighted by Crippen LogP contribution is 2.17. The third kappa shape index (κ3) is 8.84. The summed E-state index contributed by atoms with van der Waals surface area (Å²) in [5.41, 5.74) is 0.923. The molecule has 2 fully saturated rings. The molecule has 0 amide bonds. The van der Waals surface area contributed by atoms with Gasteiger partial charge in [-0.2, -0.15) is 0 Å². The number of nitro benzene ring substituents is 1. The molecule has 0 spiro atoms. The van der Waals surface area contributed by atoms with Crippen molar-refractivity contribution in [1.82, 2.24) is 19.6 Å². The average Bonchev–Trinajstić information content (AvgIpc) is 2.82. The number of nitro groups is 1. The van der Waals surface area contributed by atoms with Gasteiger partial charge < -0.3 is 20.0 Å². The molecule has 11 heteroatoms. The SMILES string of the molecule is O=C(O)CN1CCCN2CCN(CCCN(C(CCc3ccc([N+](=O)[O-])cc3)C(=O)O)CC2)CC1. The van der Waals surface area contributed by atoms with Crippen LogP contribution >= 0.6 is 0 Å². The van der Waals surface area contributed by atoms with E-state index in [2.05, 4.69) is 14.7 Å². The summed E-state index contributed by atoms with van der Waals surface area (Å²) in [7, 11) is 0. The summed E-state index contributed by atoms with van der Waals surface area (Å²) in [5, 5.41) is 30.1. The highest BCUT2D eigenvalue weighted by Gasteiger charge is 2.27. The zero-order chi connectivity index (χ0) is 25.2. The van der Waals surface area contributed by atoms with Gasteiger partial charge in [0.05, 0.1) is 11.5 Å². The maximum atomic E-state index is 12.2. The highest BCUT2D eigenvalue weighted by molar-refractivity contribution is 5.73. The Morgan fingerprint density at radius 2 is 1.46 bits per heavy atom. The van der Waals surface area contributed by atoms with Crippen molar-refractivity contribution in [2.45, 2.75) is 31.7 Å². The van der Waals surface area contributed by atoms with Crippen molar-refractivity contribution in [3.63, 3.8) is 0 Å². The first-order valence-electron chi connectivity index (χ1n) is 12.4. The minimum atomic E-state index is -0.835. The third-order valence-corrected chi connectivity index (χ3v) is 6.98. The minimum Gasteiger partial charge on any atom is -0.480 e. The fraction of sp³-hybridized carbons (Fsp3) is 0.667. The number of carboxylic acids is 2. The fourth-order valence-corrected chi connectivity index (χ4v) is 4.96. The first kappa shape index (κ1) is 27.0. The first-order valence-corrected chi connectivity index (χ1v) is 12.4. The van der Waals surface area contributed by atoms with E-state index in [1.54, 1.807) is 12.1 Å². The van der Waals surface area contributed by atoms with Crippen LogP contribution in [0.25, 0.3) is 0 Å². The van der Waals surface area contributed by atoms with Crippen LogP contribution in [0.4, 0.5) is 5.69 Å². The number of benzene rings is 1. The van der Waals surface area contributed by atoms with Gasteiger partial charge in [0.25, 0.3) is 5.69 Å². The molecule has 3 unspecified atom stereocenters. The van der Waals surface area contributed by atoms with Gasteiger partial charge in [-0.25, -0.2) is 0 Å². The average molecular weight is 492 g/mol. The van der Waals surface area contributed by atoms with Crippen LogP contribution < -0.4 is 0 Å². The van der Waals surface area contributed by atoms with Crippen molar-refractivity contribution in [3.05, 3.63) is 39.9 Å². The molecule has 0 aromatic heterocycles. The molecule has 194 valence electrons. The van der Waals surface area contributed by atoms with Gasteiger partial charge in [-0.15, -0.1) is 0 Å². The van der Waals surface area contributed by atoms with E-state index < -0.39 is 22.9 Å². The molecule has 0 saturated carbocycles. The lowest BCUT2D eigenvalue weighted by Gasteiger charge is -2.37. The number of carboxylic acid groups (broad SMARTS) is 2. The summed E-state index contributed by atoms with van der Waals surface area (Å²) in [6.07, 6.45) is 2.72. The summed E-state index contributed by atoms with van der Waals surface area (Å²) in [4.78, 5) is 42.7. The number of hydrogen-bond donors (Lipinski definition) is 2. The molecule has 11 nitrogen and oxygen atoms in total. The van der Waals surface area contributed by atoms with Crippen molar-refractivity contribution < 1.29 is 24.7 Å². The topological polar surface area (TPSA) is 131 Å². The number of aliphatic carboxylic acids is 2. The Labute approximate surface area is 206 Å². The summed E-state index contributed by atoms with van der Waals surface area (Å²) < 4.78 is 0. The first-order chi connectivity index (χ1) is 16.8. The Kier molecular flexibility index (Phi) is 10.4. The molecule has 1 aromatic carbocycles. The zero-order valence-corrected chi connectivity index (χ0v) is 20.3. The lowest BCUT2D eigenvalue weighted by atomic mass is 10.0. The van der Waals surface area contributed by atoms with Gasteiger partial charge in [-0.1, -0.05) is 12.1 Å². The molecule has 3 rings (SSSR count). The second-order valence-corrected chi connectivity index (χ2v) is 9.41. The molecule has 2 bridgehead atoms. The number of non-ortho nitro benzene ring substituents is 1. The molecule has 2 heterocycles. The molecule has 2 saturated heterocycles. The van der Waals surface area contributed by atoms with Crippen molar-refractivity contribution in [1.29, 1.82) is 0 Å². The second kappa shape index (κ2) is 13.5. The van der Waals surface area contributed by atoms with E-state index >= 15 is 0 Å². The number of fused-ring (bicyclic) bond motifs is 3. The molecule has 0 aliphatic carbocycles. The monoisotopic (exact) mass is 491 g/mol. The number of rotatable bonds is 8. The maximum Gasteiger partial charge on any atom is 0.320 e. The van der Waals surface area contributed by atoms with E-state index in [4.69, 9.17) is 0 Å². The predicted octanol–water partition coefficient (Wildman–Crippen LogP) is 1.08. The van der Waals surface area contributed by atoms with Gasteiger partial charge in [-0.3, -0.25) is 29.5 Å². The number of hydrogen-bond acceptors (Lipinski definition) is 8. The highest BCUT2D eigenvalue weighted by atomic mass is 16.6. The van der Waals surface area contributed by atoms with E-state index in [-0.39, 0.29) is 12.2 Å². The lowest BCUT2D eigenvalue weighted by molar-refractivity contribution is -0.384. The van der Waals surface area contributed by atoms with Crippen LogP contribution in [0, 0.1) is 10.1 Å². The molecule has 2 aliphatic rings. The molecule has 1 aromatic rings. The standard InChI is InChI=1S/C24H37N5O6/c30-23(31)19-27-11-1-9-26-14-13-25(15-16-27)10-2-12-28(18-17-26)22(24(32)33)8-5-20-3-6-21(7-4-20)29(34)35/h3-4,6-7,22H,1-2,5,8-19H2,(H,30,31)(H,32,33). The molecule has 2 aliphatic heterocycles. The number of carbonyl (C=O) groups is 2.